The predicted octanol–water partition coefficient (Wildman–Crippen LogP) is 0.726. The van der Waals surface area contributed by atoms with Gasteiger partial charge in [-0.25, -0.2) is 4.98 Å². The fourth-order valence-electron chi connectivity index (χ4n) is 2.71. The second kappa shape index (κ2) is 8.77. The van der Waals surface area contributed by atoms with Crippen LogP contribution >= 0.6 is 0 Å². The van der Waals surface area contributed by atoms with Gasteiger partial charge in [-0.2, -0.15) is 0 Å². The lowest BCUT2D eigenvalue weighted by atomic mass is 10.2. The summed E-state index contributed by atoms with van der Waals surface area (Å²) in [6, 6.07) is 3.47. The number of ether oxygens (including phenoxy) is 2. The number of amides is 1. The Kier molecular flexibility index (Phi) is 6.72. The molecule has 138 valence electrons. The van der Waals surface area contributed by atoms with E-state index in [0.717, 1.165) is 0 Å². The van der Waals surface area contributed by atoms with Gasteiger partial charge in [0.2, 0.25) is 0 Å². The molecule has 8 heteroatoms. The van der Waals surface area contributed by atoms with Crippen molar-refractivity contribution in [1.29, 1.82) is 0 Å². The van der Waals surface area contributed by atoms with Crippen LogP contribution in [-0.4, -0.2) is 83.8 Å². The Labute approximate surface area is 147 Å². The Hall–Kier alpha value is -2.19. The van der Waals surface area contributed by atoms with Gasteiger partial charge in [-0.05, 0) is 33.0 Å². The van der Waals surface area contributed by atoms with Crippen LogP contribution in [0.1, 0.15) is 24.3 Å². The first-order chi connectivity index (χ1) is 11.9. The van der Waals surface area contributed by atoms with E-state index in [4.69, 9.17) is 14.6 Å². The van der Waals surface area contributed by atoms with Crippen molar-refractivity contribution in [2.24, 2.45) is 0 Å². The molecule has 1 aliphatic rings. The molecule has 1 amide bonds. The van der Waals surface area contributed by atoms with Gasteiger partial charge < -0.3 is 19.5 Å². The molecule has 8 nitrogen and oxygen atoms in total. The molecule has 1 aliphatic heterocycles. The lowest BCUT2D eigenvalue weighted by molar-refractivity contribution is -0.138. The molecule has 0 radical (unpaired) electrons. The summed E-state index contributed by atoms with van der Waals surface area (Å²) >= 11 is 0. The molecule has 1 N–H and O–H groups in total. The Bertz CT molecular complexity index is 608. The number of carboxylic acids is 1. The van der Waals surface area contributed by atoms with Gasteiger partial charge in [-0.1, -0.05) is 0 Å². The third-order valence-electron chi connectivity index (χ3n) is 3.68. The zero-order valence-corrected chi connectivity index (χ0v) is 14.8. The van der Waals surface area contributed by atoms with E-state index in [1.54, 1.807) is 35.2 Å². The van der Waals surface area contributed by atoms with Gasteiger partial charge in [0.1, 0.15) is 0 Å². The zero-order chi connectivity index (χ0) is 18.4. The van der Waals surface area contributed by atoms with Crippen molar-refractivity contribution in [3.05, 3.63) is 24.0 Å². The third kappa shape index (κ3) is 5.68. The topological polar surface area (TPSA) is 92.2 Å². The first-order valence-electron chi connectivity index (χ1n) is 8.29. The molecule has 1 aromatic rings. The minimum absolute atomic E-state index is 0.0575. The number of likely N-dealkylation sites (N-methyl/N-ethyl adjacent to an activating group) is 1. The molecular weight excluding hydrogens is 326 g/mol. The van der Waals surface area contributed by atoms with Crippen molar-refractivity contribution < 1.29 is 24.2 Å². The number of nitrogens with zero attached hydrogens (tertiary/aromatic N) is 3. The van der Waals surface area contributed by atoms with Crippen LogP contribution in [0.5, 0.6) is 5.75 Å². The average molecular weight is 351 g/mol. The second-order valence-corrected chi connectivity index (χ2v) is 6.35. The number of carboxylic acid groups (broad SMARTS) is 1. The molecule has 1 fully saturated rings. The standard InChI is InChI=1S/C17H25N3O5/c1-12(2)25-14-5-4-6-18-16(14)17(23)20-7-8-24-13(10-20)9-19(3)11-15(21)22/h4-6,12-13H,7-11H2,1-3H3,(H,21,22). The number of carbonyl (C=O) groups excluding carboxylic acids is 1. The smallest absolute Gasteiger partial charge is 0.317 e. The van der Waals surface area contributed by atoms with Crippen LogP contribution in [0.3, 0.4) is 0 Å². The maximum absolute atomic E-state index is 12.8. The van der Waals surface area contributed by atoms with Crippen LogP contribution in [-0.2, 0) is 9.53 Å². The van der Waals surface area contributed by atoms with Crippen molar-refractivity contribution in [3.8, 4) is 5.75 Å². The van der Waals surface area contributed by atoms with Crippen molar-refractivity contribution in [3.63, 3.8) is 0 Å². The summed E-state index contributed by atoms with van der Waals surface area (Å²) in [6.07, 6.45) is 1.27. The maximum atomic E-state index is 12.8. The quantitative estimate of drug-likeness (QED) is 0.774. The summed E-state index contributed by atoms with van der Waals surface area (Å²) in [5.41, 5.74) is 0.288. The van der Waals surface area contributed by atoms with Crippen molar-refractivity contribution >= 4 is 11.9 Å². The summed E-state index contributed by atoms with van der Waals surface area (Å²) in [6.45, 7) is 5.42. The maximum Gasteiger partial charge on any atom is 0.317 e. The van der Waals surface area contributed by atoms with Gasteiger partial charge in [0.25, 0.3) is 5.91 Å². The summed E-state index contributed by atoms with van der Waals surface area (Å²) < 4.78 is 11.3. The van der Waals surface area contributed by atoms with Crippen LogP contribution in [0, 0.1) is 0 Å². The second-order valence-electron chi connectivity index (χ2n) is 6.35. The average Bonchev–Trinajstić information content (AvgIpc) is 2.53. The Balaban J connectivity index is 2.03. The Morgan fingerprint density at radius 1 is 1.52 bits per heavy atom. The van der Waals surface area contributed by atoms with Crippen LogP contribution in [0.25, 0.3) is 0 Å². The molecule has 0 aromatic carbocycles. The minimum atomic E-state index is -0.893. The summed E-state index contributed by atoms with van der Waals surface area (Å²) in [5, 5.41) is 8.84. The third-order valence-corrected chi connectivity index (χ3v) is 3.68. The fraction of sp³-hybridized carbons (Fsp3) is 0.588. The number of hydrogen-bond donors (Lipinski definition) is 1. The summed E-state index contributed by atoms with van der Waals surface area (Å²) in [4.78, 5) is 31.1. The van der Waals surface area contributed by atoms with Gasteiger partial charge >= 0.3 is 5.97 Å². The molecule has 0 saturated carbocycles. The predicted molar refractivity (Wildman–Crippen MR) is 90.8 cm³/mol. The molecule has 0 aliphatic carbocycles. The SMILES string of the molecule is CC(C)Oc1cccnc1C(=O)N1CCOC(CN(C)CC(=O)O)C1. The van der Waals surface area contributed by atoms with E-state index in [2.05, 4.69) is 4.98 Å². The molecule has 25 heavy (non-hydrogen) atoms. The zero-order valence-electron chi connectivity index (χ0n) is 14.8. The van der Waals surface area contributed by atoms with E-state index in [1.807, 2.05) is 13.8 Å². The first-order valence-corrected chi connectivity index (χ1v) is 8.29. The number of aliphatic carboxylic acids is 1. The molecule has 2 heterocycles. The van der Waals surface area contributed by atoms with E-state index in [-0.39, 0.29) is 30.4 Å². The van der Waals surface area contributed by atoms with Crippen LogP contribution in [0.4, 0.5) is 0 Å². The Morgan fingerprint density at radius 2 is 2.28 bits per heavy atom. The first kappa shape index (κ1) is 19.1. The molecular formula is C17H25N3O5. The normalized spacial score (nSPS) is 17.8. The van der Waals surface area contributed by atoms with E-state index in [0.29, 0.717) is 32.0 Å². The molecule has 2 rings (SSSR count). The number of aromatic nitrogens is 1. The van der Waals surface area contributed by atoms with E-state index < -0.39 is 5.97 Å². The monoisotopic (exact) mass is 351 g/mol. The summed E-state index contributed by atoms with van der Waals surface area (Å²) in [7, 11) is 1.71. The molecule has 1 saturated heterocycles. The van der Waals surface area contributed by atoms with Gasteiger partial charge in [-0.15, -0.1) is 0 Å². The van der Waals surface area contributed by atoms with Gasteiger partial charge in [0.15, 0.2) is 11.4 Å². The lowest BCUT2D eigenvalue weighted by Gasteiger charge is -2.34. The van der Waals surface area contributed by atoms with Gasteiger partial charge in [0.05, 0.1) is 25.4 Å². The molecule has 0 bridgehead atoms. The van der Waals surface area contributed by atoms with E-state index in [1.165, 1.54) is 0 Å². The Morgan fingerprint density at radius 3 is 2.96 bits per heavy atom. The van der Waals surface area contributed by atoms with E-state index >= 15 is 0 Å². The number of carbonyl (C=O) groups is 2. The highest BCUT2D eigenvalue weighted by molar-refractivity contribution is 5.95. The van der Waals surface area contributed by atoms with Crippen LogP contribution in [0.2, 0.25) is 0 Å². The highest BCUT2D eigenvalue weighted by atomic mass is 16.5. The fourth-order valence-corrected chi connectivity index (χ4v) is 2.71. The lowest BCUT2D eigenvalue weighted by Crippen LogP contribution is -2.49. The van der Waals surface area contributed by atoms with Crippen LogP contribution < -0.4 is 4.74 Å². The number of hydrogen-bond acceptors (Lipinski definition) is 6. The minimum Gasteiger partial charge on any atom is -0.489 e. The van der Waals surface area contributed by atoms with E-state index in [9.17, 15) is 9.59 Å². The number of pyridine rings is 1. The largest absolute Gasteiger partial charge is 0.489 e. The van der Waals surface area contributed by atoms with Gasteiger partial charge in [-0.3, -0.25) is 14.5 Å². The van der Waals surface area contributed by atoms with Gasteiger partial charge in [0, 0.05) is 25.8 Å². The number of rotatable bonds is 7. The van der Waals surface area contributed by atoms with Crippen molar-refractivity contribution in [2.75, 3.05) is 39.8 Å². The molecule has 1 aromatic heterocycles. The highest BCUT2D eigenvalue weighted by Crippen LogP contribution is 2.20. The van der Waals surface area contributed by atoms with Crippen LogP contribution in [0.15, 0.2) is 18.3 Å². The van der Waals surface area contributed by atoms with Crippen molar-refractivity contribution in [1.82, 2.24) is 14.8 Å². The molecule has 1 atom stereocenters. The molecule has 1 unspecified atom stereocenters. The van der Waals surface area contributed by atoms with Crippen molar-refractivity contribution in [2.45, 2.75) is 26.1 Å². The summed E-state index contributed by atoms with van der Waals surface area (Å²) in [5.74, 6) is -0.630. The molecule has 0 spiro atoms. The number of morpholine rings is 1. The highest BCUT2D eigenvalue weighted by Gasteiger charge is 2.28.